The molecule has 1 aliphatic heterocycles. The SMILES string of the molecule is COC(=O)C1CCN(C(=O)c2cccc(N(C)S(C)(=O)=O)c2C)CC1. The largest absolute Gasteiger partial charge is 0.469 e. The Morgan fingerprint density at radius 2 is 1.84 bits per heavy atom. The van der Waals surface area contributed by atoms with Crippen LogP contribution in [0.5, 0.6) is 0 Å². The van der Waals surface area contributed by atoms with E-state index in [1.165, 1.54) is 18.5 Å². The number of anilines is 1. The van der Waals surface area contributed by atoms with Crippen LogP contribution in [0.25, 0.3) is 0 Å². The molecule has 1 saturated heterocycles. The summed E-state index contributed by atoms with van der Waals surface area (Å²) in [6, 6.07) is 5.05. The van der Waals surface area contributed by atoms with Crippen LogP contribution in [0.15, 0.2) is 18.2 Å². The summed E-state index contributed by atoms with van der Waals surface area (Å²) in [6.45, 7) is 2.69. The van der Waals surface area contributed by atoms with Gasteiger partial charge in [-0.15, -0.1) is 0 Å². The molecule has 0 aromatic heterocycles. The lowest BCUT2D eigenvalue weighted by Gasteiger charge is -2.31. The molecular weight excluding hydrogens is 344 g/mol. The van der Waals surface area contributed by atoms with Gasteiger partial charge in [0.05, 0.1) is 25.0 Å². The van der Waals surface area contributed by atoms with Gasteiger partial charge in [0, 0.05) is 25.7 Å². The van der Waals surface area contributed by atoms with E-state index in [-0.39, 0.29) is 17.8 Å². The summed E-state index contributed by atoms with van der Waals surface area (Å²) in [6.07, 6.45) is 2.26. The first-order chi connectivity index (χ1) is 11.7. The Balaban J connectivity index is 2.20. The molecule has 1 aromatic carbocycles. The molecular formula is C17H24N2O5S. The van der Waals surface area contributed by atoms with Crippen LogP contribution < -0.4 is 4.31 Å². The Morgan fingerprint density at radius 3 is 2.36 bits per heavy atom. The molecule has 0 aliphatic carbocycles. The Bertz CT molecular complexity index is 767. The Morgan fingerprint density at radius 1 is 1.24 bits per heavy atom. The fourth-order valence-corrected chi connectivity index (χ4v) is 3.59. The predicted molar refractivity (Wildman–Crippen MR) is 95.1 cm³/mol. The van der Waals surface area contributed by atoms with Gasteiger partial charge < -0.3 is 9.64 Å². The van der Waals surface area contributed by atoms with Crippen LogP contribution in [0.4, 0.5) is 5.69 Å². The number of piperidine rings is 1. The van der Waals surface area contributed by atoms with Gasteiger partial charge in [0.15, 0.2) is 0 Å². The van der Waals surface area contributed by atoms with Crippen molar-refractivity contribution in [2.45, 2.75) is 19.8 Å². The van der Waals surface area contributed by atoms with Gasteiger partial charge in [-0.3, -0.25) is 13.9 Å². The average Bonchev–Trinajstić information content (AvgIpc) is 2.59. The number of likely N-dealkylation sites (tertiary alicyclic amines) is 1. The van der Waals surface area contributed by atoms with E-state index in [0.29, 0.717) is 42.7 Å². The maximum Gasteiger partial charge on any atom is 0.308 e. The zero-order valence-corrected chi connectivity index (χ0v) is 15.8. The molecule has 0 bridgehead atoms. The topological polar surface area (TPSA) is 84.0 Å². The molecule has 2 rings (SSSR count). The van der Waals surface area contributed by atoms with Crippen molar-refractivity contribution in [3.63, 3.8) is 0 Å². The van der Waals surface area contributed by atoms with Crippen molar-refractivity contribution in [3.05, 3.63) is 29.3 Å². The number of benzene rings is 1. The maximum atomic E-state index is 12.8. The van der Waals surface area contributed by atoms with Crippen LogP contribution in [0.3, 0.4) is 0 Å². The monoisotopic (exact) mass is 368 g/mol. The Labute approximate surface area is 148 Å². The summed E-state index contributed by atoms with van der Waals surface area (Å²) in [4.78, 5) is 26.1. The highest BCUT2D eigenvalue weighted by molar-refractivity contribution is 7.92. The molecule has 0 unspecified atom stereocenters. The summed E-state index contributed by atoms with van der Waals surface area (Å²) in [7, 11) is -0.574. The number of carbonyl (C=O) groups excluding carboxylic acids is 2. The lowest BCUT2D eigenvalue weighted by Crippen LogP contribution is -2.40. The number of esters is 1. The molecule has 1 amide bonds. The Hall–Kier alpha value is -2.09. The lowest BCUT2D eigenvalue weighted by atomic mass is 9.96. The number of methoxy groups -OCH3 is 1. The van der Waals surface area contributed by atoms with Crippen molar-refractivity contribution in [3.8, 4) is 0 Å². The van der Waals surface area contributed by atoms with Crippen molar-refractivity contribution in [1.82, 2.24) is 4.90 Å². The second-order valence-electron chi connectivity index (χ2n) is 6.27. The Kier molecular flexibility index (Phi) is 5.72. The quantitative estimate of drug-likeness (QED) is 0.751. The van der Waals surface area contributed by atoms with Gasteiger partial charge in [0.2, 0.25) is 10.0 Å². The van der Waals surface area contributed by atoms with Crippen LogP contribution >= 0.6 is 0 Å². The molecule has 8 heteroatoms. The molecule has 25 heavy (non-hydrogen) atoms. The smallest absolute Gasteiger partial charge is 0.308 e. The van der Waals surface area contributed by atoms with Gasteiger partial charge in [0.25, 0.3) is 5.91 Å². The van der Waals surface area contributed by atoms with Gasteiger partial charge >= 0.3 is 5.97 Å². The van der Waals surface area contributed by atoms with Crippen LogP contribution in [0.2, 0.25) is 0 Å². The second kappa shape index (κ2) is 7.43. The number of hydrogen-bond acceptors (Lipinski definition) is 5. The fraction of sp³-hybridized carbons (Fsp3) is 0.529. The molecule has 0 spiro atoms. The van der Waals surface area contributed by atoms with E-state index < -0.39 is 10.0 Å². The van der Waals surface area contributed by atoms with Crippen molar-refractivity contribution >= 4 is 27.6 Å². The number of rotatable bonds is 4. The number of sulfonamides is 1. The highest BCUT2D eigenvalue weighted by Gasteiger charge is 2.29. The van der Waals surface area contributed by atoms with Crippen LogP contribution in [-0.2, 0) is 19.6 Å². The fourth-order valence-electron chi connectivity index (χ4n) is 3.03. The first kappa shape index (κ1) is 19.2. The van der Waals surface area contributed by atoms with E-state index in [9.17, 15) is 18.0 Å². The van der Waals surface area contributed by atoms with E-state index >= 15 is 0 Å². The molecule has 1 fully saturated rings. The van der Waals surface area contributed by atoms with Gasteiger partial charge in [-0.25, -0.2) is 8.42 Å². The zero-order chi connectivity index (χ0) is 18.8. The first-order valence-electron chi connectivity index (χ1n) is 8.07. The normalized spacial score (nSPS) is 15.8. The summed E-state index contributed by atoms with van der Waals surface area (Å²) in [5, 5.41) is 0. The number of amides is 1. The van der Waals surface area contributed by atoms with Gasteiger partial charge in [0.1, 0.15) is 0 Å². The van der Waals surface area contributed by atoms with Crippen molar-refractivity contribution in [1.29, 1.82) is 0 Å². The zero-order valence-electron chi connectivity index (χ0n) is 15.0. The standard InChI is InChI=1S/C17H24N2O5S/c1-12-14(6-5-7-15(12)18(2)25(4,22)23)16(20)19-10-8-13(9-11-19)17(21)24-3/h5-7,13H,8-11H2,1-4H3. The predicted octanol–water partition coefficient (Wildman–Crippen LogP) is 1.42. The number of carbonyl (C=O) groups is 2. The van der Waals surface area contributed by atoms with Gasteiger partial charge in [-0.1, -0.05) is 6.07 Å². The molecule has 138 valence electrons. The van der Waals surface area contributed by atoms with Gasteiger partial charge in [-0.2, -0.15) is 0 Å². The maximum absolute atomic E-state index is 12.8. The van der Waals surface area contributed by atoms with E-state index in [1.54, 1.807) is 30.0 Å². The molecule has 1 heterocycles. The van der Waals surface area contributed by atoms with Gasteiger partial charge in [-0.05, 0) is 37.5 Å². The third-order valence-electron chi connectivity index (χ3n) is 4.69. The van der Waals surface area contributed by atoms with E-state index in [2.05, 4.69) is 0 Å². The van der Waals surface area contributed by atoms with Crippen molar-refractivity contribution < 1.29 is 22.7 Å². The number of hydrogen-bond donors (Lipinski definition) is 0. The molecule has 0 saturated carbocycles. The highest BCUT2D eigenvalue weighted by atomic mass is 32.2. The van der Waals surface area contributed by atoms with Crippen LogP contribution in [0, 0.1) is 12.8 Å². The van der Waals surface area contributed by atoms with E-state index in [1.807, 2.05) is 0 Å². The van der Waals surface area contributed by atoms with Crippen LogP contribution in [0.1, 0.15) is 28.8 Å². The summed E-state index contributed by atoms with van der Waals surface area (Å²) in [5.74, 6) is -0.553. The number of ether oxygens (including phenoxy) is 1. The summed E-state index contributed by atoms with van der Waals surface area (Å²) >= 11 is 0. The molecule has 0 radical (unpaired) electrons. The molecule has 0 N–H and O–H groups in total. The summed E-state index contributed by atoms with van der Waals surface area (Å²) < 4.78 is 29.5. The number of nitrogens with zero attached hydrogens (tertiary/aromatic N) is 2. The first-order valence-corrected chi connectivity index (χ1v) is 9.92. The third kappa shape index (κ3) is 4.12. The highest BCUT2D eigenvalue weighted by Crippen LogP contribution is 2.26. The van der Waals surface area contributed by atoms with E-state index in [0.717, 1.165) is 6.26 Å². The van der Waals surface area contributed by atoms with Crippen molar-refractivity contribution in [2.24, 2.45) is 5.92 Å². The van der Waals surface area contributed by atoms with E-state index in [4.69, 9.17) is 4.74 Å². The lowest BCUT2D eigenvalue weighted by molar-refractivity contribution is -0.146. The molecule has 7 nitrogen and oxygen atoms in total. The molecule has 1 aromatic rings. The van der Waals surface area contributed by atoms with Crippen molar-refractivity contribution in [2.75, 3.05) is 37.8 Å². The average molecular weight is 368 g/mol. The minimum Gasteiger partial charge on any atom is -0.469 e. The minimum absolute atomic E-state index is 0.149. The molecule has 1 aliphatic rings. The summed E-state index contributed by atoms with van der Waals surface area (Å²) in [5.41, 5.74) is 1.58. The third-order valence-corrected chi connectivity index (χ3v) is 5.88. The molecule has 0 atom stereocenters. The second-order valence-corrected chi connectivity index (χ2v) is 8.28. The minimum atomic E-state index is -3.41. The van der Waals surface area contributed by atoms with Crippen LogP contribution in [-0.4, -0.2) is 58.7 Å².